The lowest BCUT2D eigenvalue weighted by Gasteiger charge is -2.39. The van der Waals surface area contributed by atoms with Crippen molar-refractivity contribution in [2.24, 2.45) is 5.92 Å². The summed E-state index contributed by atoms with van der Waals surface area (Å²) in [5.74, 6) is 0.0427. The van der Waals surface area contributed by atoms with Crippen molar-refractivity contribution in [1.82, 2.24) is 5.32 Å². The maximum Gasteiger partial charge on any atom is 0.220 e. The molecule has 0 aromatic rings. The molecule has 1 saturated heterocycles. The Morgan fingerprint density at radius 2 is 1.73 bits per heavy atom. The van der Waals surface area contributed by atoms with Crippen molar-refractivity contribution >= 4 is 11.7 Å². The molecule has 9 nitrogen and oxygen atoms in total. The highest BCUT2D eigenvalue weighted by Crippen LogP contribution is 2.21. The van der Waals surface area contributed by atoms with Crippen LogP contribution in [0.3, 0.4) is 0 Å². The largest absolute Gasteiger partial charge is 0.394 e. The number of hydrogen-bond acceptors (Lipinski definition) is 8. The van der Waals surface area contributed by atoms with Crippen molar-refractivity contribution in [3.05, 3.63) is 0 Å². The van der Waals surface area contributed by atoms with Gasteiger partial charge in [-0.25, -0.2) is 0 Å². The van der Waals surface area contributed by atoms with E-state index in [2.05, 4.69) is 5.32 Å². The molecule has 1 aliphatic rings. The number of aliphatic hydroxyl groups excluding tert-OH is 4. The summed E-state index contributed by atoms with van der Waals surface area (Å²) in [5.41, 5.74) is 0. The fraction of sp³-hybridized carbons (Fsp3) is 0.882. The van der Waals surface area contributed by atoms with Crippen molar-refractivity contribution in [3.8, 4) is 0 Å². The van der Waals surface area contributed by atoms with E-state index in [0.29, 0.717) is 25.7 Å². The van der Waals surface area contributed by atoms with Crippen LogP contribution in [0, 0.1) is 5.92 Å². The number of unbranched alkanes of at least 4 members (excludes halogenated alkanes) is 1. The van der Waals surface area contributed by atoms with Gasteiger partial charge < -0.3 is 35.2 Å². The van der Waals surface area contributed by atoms with E-state index in [1.54, 1.807) is 0 Å². The molecular formula is C17H31NO8. The quantitative estimate of drug-likeness (QED) is 0.280. The van der Waals surface area contributed by atoms with Crippen molar-refractivity contribution in [2.75, 3.05) is 19.8 Å². The molecule has 0 aromatic carbocycles. The summed E-state index contributed by atoms with van der Waals surface area (Å²) in [4.78, 5) is 23.2. The van der Waals surface area contributed by atoms with Gasteiger partial charge in [-0.3, -0.25) is 9.59 Å². The molecule has 0 aromatic heterocycles. The highest BCUT2D eigenvalue weighted by atomic mass is 16.7. The Bertz CT molecular complexity index is 442. The predicted molar refractivity (Wildman–Crippen MR) is 91.0 cm³/mol. The van der Waals surface area contributed by atoms with Gasteiger partial charge in [0.2, 0.25) is 5.91 Å². The third kappa shape index (κ3) is 7.26. The Hall–Kier alpha value is -1.10. The second kappa shape index (κ2) is 11.6. The van der Waals surface area contributed by atoms with Gasteiger partial charge in [-0.05, 0) is 12.8 Å². The molecule has 0 spiro atoms. The van der Waals surface area contributed by atoms with Crippen LogP contribution < -0.4 is 5.32 Å². The first-order chi connectivity index (χ1) is 12.3. The molecule has 0 unspecified atom stereocenters. The Kier molecular flexibility index (Phi) is 10.2. The smallest absolute Gasteiger partial charge is 0.220 e. The monoisotopic (exact) mass is 377 g/mol. The zero-order chi connectivity index (χ0) is 19.7. The highest BCUT2D eigenvalue weighted by Gasteiger charge is 2.43. The number of amides is 1. The Morgan fingerprint density at radius 1 is 1.08 bits per heavy atom. The molecule has 5 atom stereocenters. The van der Waals surface area contributed by atoms with Gasteiger partial charge in [0.05, 0.1) is 13.2 Å². The molecule has 0 radical (unpaired) electrons. The van der Waals surface area contributed by atoms with Crippen LogP contribution in [0.15, 0.2) is 0 Å². The second-order valence-electron chi connectivity index (χ2n) is 6.75. The van der Waals surface area contributed by atoms with Crippen molar-refractivity contribution in [3.63, 3.8) is 0 Å². The first-order valence-electron chi connectivity index (χ1n) is 8.99. The van der Waals surface area contributed by atoms with Gasteiger partial charge in [0.15, 0.2) is 6.29 Å². The topological polar surface area (TPSA) is 146 Å². The summed E-state index contributed by atoms with van der Waals surface area (Å²) in [6.07, 6.45) is -4.53. The van der Waals surface area contributed by atoms with Crippen LogP contribution in [-0.2, 0) is 19.1 Å². The summed E-state index contributed by atoms with van der Waals surface area (Å²) >= 11 is 0. The van der Waals surface area contributed by atoms with Crippen LogP contribution in [0.5, 0.6) is 0 Å². The molecule has 1 aliphatic heterocycles. The lowest BCUT2D eigenvalue weighted by Crippen LogP contribution is -2.59. The zero-order valence-electron chi connectivity index (χ0n) is 15.3. The van der Waals surface area contributed by atoms with Crippen LogP contribution in [0.2, 0.25) is 0 Å². The van der Waals surface area contributed by atoms with E-state index in [1.165, 1.54) is 0 Å². The summed E-state index contributed by atoms with van der Waals surface area (Å²) in [5, 5.41) is 40.8. The van der Waals surface area contributed by atoms with E-state index < -0.39 is 37.3 Å². The van der Waals surface area contributed by atoms with Gasteiger partial charge in [-0.2, -0.15) is 0 Å². The number of ether oxygens (including phenoxy) is 2. The SMILES string of the molecule is CC(C)C(=O)CCCCC(=O)NCCO[C@@H]1O[C@H](CO)[C@@H](O)[C@H](O)[C@H]1O. The summed E-state index contributed by atoms with van der Waals surface area (Å²) in [6, 6.07) is 0. The number of carbonyl (C=O) groups excluding carboxylic acids is 2. The van der Waals surface area contributed by atoms with Gasteiger partial charge in [0.1, 0.15) is 30.2 Å². The van der Waals surface area contributed by atoms with E-state index >= 15 is 0 Å². The molecule has 152 valence electrons. The molecule has 0 bridgehead atoms. The van der Waals surface area contributed by atoms with Crippen LogP contribution in [0.1, 0.15) is 39.5 Å². The van der Waals surface area contributed by atoms with Crippen molar-refractivity contribution in [2.45, 2.75) is 70.2 Å². The summed E-state index contributed by atoms with van der Waals surface area (Å²) < 4.78 is 10.4. The molecule has 0 aliphatic carbocycles. The van der Waals surface area contributed by atoms with E-state index in [-0.39, 0.29) is 30.8 Å². The fourth-order valence-corrected chi connectivity index (χ4v) is 2.53. The molecule has 0 saturated carbocycles. The second-order valence-corrected chi connectivity index (χ2v) is 6.75. The Labute approximate surface area is 153 Å². The van der Waals surface area contributed by atoms with Crippen LogP contribution >= 0.6 is 0 Å². The molecule has 9 heteroatoms. The molecule has 1 amide bonds. The number of hydrogen-bond donors (Lipinski definition) is 5. The average Bonchev–Trinajstić information content (AvgIpc) is 2.61. The number of ketones is 1. The average molecular weight is 377 g/mol. The summed E-state index contributed by atoms with van der Waals surface area (Å²) in [7, 11) is 0. The molecule has 1 heterocycles. The maximum absolute atomic E-state index is 11.7. The van der Waals surface area contributed by atoms with E-state index in [1.807, 2.05) is 13.8 Å². The van der Waals surface area contributed by atoms with Crippen LogP contribution in [-0.4, -0.2) is 82.6 Å². The standard InChI is InChI=1S/C17H31NO8/c1-10(2)11(20)5-3-4-6-13(21)18-7-8-25-17-16(24)15(23)14(22)12(9-19)26-17/h10,12,14-17,19,22-24H,3-9H2,1-2H3,(H,18,21)/t12-,14-,15+,16-,17-/m1/s1. The number of carbonyl (C=O) groups is 2. The van der Waals surface area contributed by atoms with E-state index in [4.69, 9.17) is 14.6 Å². The molecule has 1 rings (SSSR count). The van der Waals surface area contributed by atoms with Gasteiger partial charge in [-0.1, -0.05) is 13.8 Å². The third-order valence-electron chi connectivity index (χ3n) is 4.28. The minimum atomic E-state index is -1.49. The Balaban J connectivity index is 2.17. The van der Waals surface area contributed by atoms with Gasteiger partial charge >= 0.3 is 0 Å². The summed E-state index contributed by atoms with van der Waals surface area (Å²) in [6.45, 7) is 3.38. The van der Waals surface area contributed by atoms with Crippen LogP contribution in [0.25, 0.3) is 0 Å². The first-order valence-corrected chi connectivity index (χ1v) is 8.99. The number of Topliss-reactive ketones (excluding diaryl/α,β-unsaturated/α-hetero) is 1. The van der Waals surface area contributed by atoms with Gasteiger partial charge in [0, 0.05) is 25.3 Å². The van der Waals surface area contributed by atoms with E-state index in [0.717, 1.165) is 0 Å². The van der Waals surface area contributed by atoms with Crippen molar-refractivity contribution in [1.29, 1.82) is 0 Å². The highest BCUT2D eigenvalue weighted by molar-refractivity contribution is 5.80. The third-order valence-corrected chi connectivity index (χ3v) is 4.28. The molecule has 5 N–H and O–H groups in total. The molecule has 1 fully saturated rings. The lowest BCUT2D eigenvalue weighted by molar-refractivity contribution is -0.300. The minimum Gasteiger partial charge on any atom is -0.394 e. The van der Waals surface area contributed by atoms with E-state index in [9.17, 15) is 24.9 Å². The minimum absolute atomic E-state index is 0.0170. The number of aliphatic hydroxyl groups is 4. The molecule has 26 heavy (non-hydrogen) atoms. The number of nitrogens with one attached hydrogen (secondary N) is 1. The maximum atomic E-state index is 11.7. The fourth-order valence-electron chi connectivity index (χ4n) is 2.53. The normalized spacial score (nSPS) is 29.0. The van der Waals surface area contributed by atoms with Gasteiger partial charge in [-0.15, -0.1) is 0 Å². The van der Waals surface area contributed by atoms with Crippen molar-refractivity contribution < 1.29 is 39.5 Å². The Morgan fingerprint density at radius 3 is 2.35 bits per heavy atom. The first kappa shape index (κ1) is 22.9. The van der Waals surface area contributed by atoms with Crippen LogP contribution in [0.4, 0.5) is 0 Å². The zero-order valence-corrected chi connectivity index (χ0v) is 15.3. The lowest BCUT2D eigenvalue weighted by atomic mass is 9.99. The predicted octanol–water partition coefficient (Wildman–Crippen LogP) is -1.30. The molecular weight excluding hydrogens is 346 g/mol. The van der Waals surface area contributed by atoms with Gasteiger partial charge in [0.25, 0.3) is 0 Å². The number of rotatable bonds is 11.